The van der Waals surface area contributed by atoms with Gasteiger partial charge in [-0.1, -0.05) is 6.92 Å². The minimum absolute atomic E-state index is 0.930. The SMILES string of the molecule is CCCNCC1CCN(CCN2CCCC2)CC1. The summed E-state index contributed by atoms with van der Waals surface area (Å²) < 4.78 is 0. The molecule has 2 rings (SSSR count). The zero-order chi connectivity index (χ0) is 12.6. The fourth-order valence-electron chi connectivity index (χ4n) is 3.19. The summed E-state index contributed by atoms with van der Waals surface area (Å²) in [6.45, 7) is 12.6. The average Bonchev–Trinajstić information content (AvgIpc) is 2.91. The standard InChI is InChI=1S/C15H31N3/c1-2-7-16-14-15-5-10-18(11-6-15)13-12-17-8-3-4-9-17/h15-16H,2-14H2,1H3. The highest BCUT2D eigenvalue weighted by atomic mass is 15.2. The summed E-state index contributed by atoms with van der Waals surface area (Å²) in [5.74, 6) is 0.930. The first-order valence-electron chi connectivity index (χ1n) is 8.04. The van der Waals surface area contributed by atoms with Gasteiger partial charge in [-0.2, -0.15) is 0 Å². The van der Waals surface area contributed by atoms with Crippen LogP contribution in [0.25, 0.3) is 0 Å². The van der Waals surface area contributed by atoms with Gasteiger partial charge in [0, 0.05) is 13.1 Å². The molecule has 0 radical (unpaired) electrons. The Kier molecular flexibility index (Phi) is 6.46. The molecule has 0 bridgehead atoms. The minimum Gasteiger partial charge on any atom is -0.316 e. The van der Waals surface area contributed by atoms with Crippen LogP contribution in [-0.2, 0) is 0 Å². The first kappa shape index (κ1) is 14.3. The molecular formula is C15H31N3. The lowest BCUT2D eigenvalue weighted by Crippen LogP contribution is -2.41. The van der Waals surface area contributed by atoms with Gasteiger partial charge < -0.3 is 15.1 Å². The second-order valence-corrected chi connectivity index (χ2v) is 6.04. The van der Waals surface area contributed by atoms with Gasteiger partial charge in [-0.25, -0.2) is 0 Å². The normalized spacial score (nSPS) is 23.8. The van der Waals surface area contributed by atoms with Crippen molar-refractivity contribution >= 4 is 0 Å². The molecule has 0 spiro atoms. The molecule has 106 valence electrons. The van der Waals surface area contributed by atoms with E-state index in [2.05, 4.69) is 22.0 Å². The average molecular weight is 253 g/mol. The van der Waals surface area contributed by atoms with E-state index in [1.807, 2.05) is 0 Å². The van der Waals surface area contributed by atoms with E-state index in [1.165, 1.54) is 84.5 Å². The van der Waals surface area contributed by atoms with E-state index in [1.54, 1.807) is 0 Å². The molecule has 2 fully saturated rings. The van der Waals surface area contributed by atoms with E-state index < -0.39 is 0 Å². The summed E-state index contributed by atoms with van der Waals surface area (Å²) in [5, 5.41) is 3.57. The number of hydrogen-bond donors (Lipinski definition) is 1. The Labute approximate surface area is 113 Å². The zero-order valence-electron chi connectivity index (χ0n) is 12.2. The summed E-state index contributed by atoms with van der Waals surface area (Å²) in [7, 11) is 0. The summed E-state index contributed by atoms with van der Waals surface area (Å²) in [6, 6.07) is 0. The number of likely N-dealkylation sites (tertiary alicyclic amines) is 2. The number of nitrogens with zero attached hydrogens (tertiary/aromatic N) is 2. The summed E-state index contributed by atoms with van der Waals surface area (Å²) >= 11 is 0. The van der Waals surface area contributed by atoms with Crippen LogP contribution in [0.3, 0.4) is 0 Å². The highest BCUT2D eigenvalue weighted by Crippen LogP contribution is 2.16. The topological polar surface area (TPSA) is 18.5 Å². The number of piperidine rings is 1. The number of nitrogens with one attached hydrogen (secondary N) is 1. The predicted molar refractivity (Wildman–Crippen MR) is 78.0 cm³/mol. The highest BCUT2D eigenvalue weighted by molar-refractivity contribution is 4.75. The van der Waals surface area contributed by atoms with Crippen molar-refractivity contribution in [2.24, 2.45) is 5.92 Å². The third-order valence-electron chi connectivity index (χ3n) is 4.50. The van der Waals surface area contributed by atoms with Gasteiger partial charge in [0.25, 0.3) is 0 Å². The molecule has 18 heavy (non-hydrogen) atoms. The molecule has 0 amide bonds. The van der Waals surface area contributed by atoms with Crippen molar-refractivity contribution in [3.63, 3.8) is 0 Å². The molecule has 0 atom stereocenters. The molecular weight excluding hydrogens is 222 g/mol. The Morgan fingerprint density at radius 1 is 0.944 bits per heavy atom. The maximum absolute atomic E-state index is 3.57. The van der Waals surface area contributed by atoms with Crippen LogP contribution < -0.4 is 5.32 Å². The molecule has 0 saturated carbocycles. The number of hydrogen-bond acceptors (Lipinski definition) is 3. The van der Waals surface area contributed by atoms with Crippen molar-refractivity contribution in [2.75, 3.05) is 52.4 Å². The van der Waals surface area contributed by atoms with E-state index in [9.17, 15) is 0 Å². The van der Waals surface area contributed by atoms with Crippen LogP contribution in [0.15, 0.2) is 0 Å². The van der Waals surface area contributed by atoms with Crippen LogP contribution in [-0.4, -0.2) is 62.2 Å². The van der Waals surface area contributed by atoms with Crippen LogP contribution in [0.1, 0.15) is 39.0 Å². The second kappa shape index (κ2) is 8.13. The largest absolute Gasteiger partial charge is 0.316 e. The Bertz CT molecular complexity index is 206. The van der Waals surface area contributed by atoms with Gasteiger partial charge in [0.1, 0.15) is 0 Å². The summed E-state index contributed by atoms with van der Waals surface area (Å²) in [4.78, 5) is 5.31. The second-order valence-electron chi connectivity index (χ2n) is 6.04. The lowest BCUT2D eigenvalue weighted by molar-refractivity contribution is 0.163. The van der Waals surface area contributed by atoms with Crippen molar-refractivity contribution in [2.45, 2.75) is 39.0 Å². The predicted octanol–water partition coefficient (Wildman–Crippen LogP) is 1.79. The molecule has 0 unspecified atom stereocenters. The van der Waals surface area contributed by atoms with Gasteiger partial charge in [0.2, 0.25) is 0 Å². The van der Waals surface area contributed by atoms with Crippen LogP contribution in [0.4, 0.5) is 0 Å². The van der Waals surface area contributed by atoms with Gasteiger partial charge in [0.05, 0.1) is 0 Å². The highest BCUT2D eigenvalue weighted by Gasteiger charge is 2.19. The van der Waals surface area contributed by atoms with E-state index in [0.717, 1.165) is 5.92 Å². The van der Waals surface area contributed by atoms with Crippen molar-refractivity contribution < 1.29 is 0 Å². The zero-order valence-corrected chi connectivity index (χ0v) is 12.2. The van der Waals surface area contributed by atoms with Gasteiger partial charge in [0.15, 0.2) is 0 Å². The maximum Gasteiger partial charge on any atom is 0.0109 e. The quantitative estimate of drug-likeness (QED) is 0.698. The van der Waals surface area contributed by atoms with Crippen LogP contribution >= 0.6 is 0 Å². The molecule has 0 aliphatic carbocycles. The Hall–Kier alpha value is -0.120. The molecule has 0 aromatic rings. The third kappa shape index (κ3) is 4.87. The van der Waals surface area contributed by atoms with E-state index >= 15 is 0 Å². The smallest absolute Gasteiger partial charge is 0.0109 e. The number of rotatable bonds is 7. The molecule has 0 aromatic heterocycles. The van der Waals surface area contributed by atoms with Crippen LogP contribution in [0.5, 0.6) is 0 Å². The van der Waals surface area contributed by atoms with Gasteiger partial charge in [-0.05, 0) is 77.3 Å². The molecule has 1 N–H and O–H groups in total. The van der Waals surface area contributed by atoms with E-state index in [-0.39, 0.29) is 0 Å². The molecule has 2 aliphatic heterocycles. The fraction of sp³-hybridized carbons (Fsp3) is 1.00. The van der Waals surface area contributed by atoms with Gasteiger partial charge in [-0.15, -0.1) is 0 Å². The molecule has 0 aromatic carbocycles. The lowest BCUT2D eigenvalue weighted by atomic mass is 9.97. The lowest BCUT2D eigenvalue weighted by Gasteiger charge is -2.33. The fourth-order valence-corrected chi connectivity index (χ4v) is 3.19. The molecule has 2 saturated heterocycles. The van der Waals surface area contributed by atoms with Crippen molar-refractivity contribution in [3.05, 3.63) is 0 Å². The van der Waals surface area contributed by atoms with Gasteiger partial charge >= 0.3 is 0 Å². The van der Waals surface area contributed by atoms with E-state index in [4.69, 9.17) is 0 Å². The first-order valence-corrected chi connectivity index (χ1v) is 8.04. The molecule has 2 heterocycles. The van der Waals surface area contributed by atoms with Crippen molar-refractivity contribution in [3.8, 4) is 0 Å². The Balaban J connectivity index is 1.52. The summed E-state index contributed by atoms with van der Waals surface area (Å²) in [5.41, 5.74) is 0. The summed E-state index contributed by atoms with van der Waals surface area (Å²) in [6.07, 6.45) is 6.90. The molecule has 3 heteroatoms. The third-order valence-corrected chi connectivity index (χ3v) is 4.50. The Morgan fingerprint density at radius 3 is 2.17 bits per heavy atom. The van der Waals surface area contributed by atoms with Crippen LogP contribution in [0.2, 0.25) is 0 Å². The molecule has 3 nitrogen and oxygen atoms in total. The van der Waals surface area contributed by atoms with E-state index in [0.29, 0.717) is 0 Å². The monoisotopic (exact) mass is 253 g/mol. The minimum atomic E-state index is 0.930. The first-order chi connectivity index (χ1) is 8.88. The van der Waals surface area contributed by atoms with Crippen molar-refractivity contribution in [1.82, 2.24) is 15.1 Å². The van der Waals surface area contributed by atoms with Gasteiger partial charge in [-0.3, -0.25) is 0 Å². The Morgan fingerprint density at radius 2 is 1.56 bits per heavy atom. The maximum atomic E-state index is 3.57. The van der Waals surface area contributed by atoms with Crippen LogP contribution in [0, 0.1) is 5.92 Å². The molecule has 2 aliphatic rings. The van der Waals surface area contributed by atoms with Crippen molar-refractivity contribution in [1.29, 1.82) is 0 Å².